The molecule has 0 saturated heterocycles. The van der Waals surface area contributed by atoms with Crippen LogP contribution in [0.4, 0.5) is 5.69 Å². The van der Waals surface area contributed by atoms with Gasteiger partial charge in [0.05, 0.1) is 28.8 Å². The molecule has 1 unspecified atom stereocenters. The van der Waals surface area contributed by atoms with Gasteiger partial charge in [-0.25, -0.2) is 8.42 Å². The standard InChI is InChI=1S/C28H32Cl2N2O4S/c1-17(2)23-15-24(19(4)13-27(23)36-6)20(5)31-28(33)16-32(26-14-21(29)9-12-25(26)30)37(34,35)22-10-7-18(3)8-11-22/h7-15,17,20H,16H2,1-6H3,(H,31,33). The highest BCUT2D eigenvalue weighted by atomic mass is 35.5. The number of methoxy groups -OCH3 is 1. The van der Waals surface area contributed by atoms with Crippen LogP contribution in [0.5, 0.6) is 5.75 Å². The maximum absolute atomic E-state index is 13.7. The monoisotopic (exact) mass is 562 g/mol. The molecule has 0 spiro atoms. The Morgan fingerprint density at radius 1 is 0.973 bits per heavy atom. The molecule has 0 aliphatic heterocycles. The van der Waals surface area contributed by atoms with Gasteiger partial charge in [0.25, 0.3) is 10.0 Å². The number of carbonyl (C=O) groups excluding carboxylic acids is 1. The molecule has 0 aliphatic carbocycles. The number of hydrogen-bond acceptors (Lipinski definition) is 4. The van der Waals surface area contributed by atoms with Crippen LogP contribution < -0.4 is 14.4 Å². The number of nitrogens with zero attached hydrogens (tertiary/aromatic N) is 1. The Hall–Kier alpha value is -2.74. The van der Waals surface area contributed by atoms with Crippen molar-refractivity contribution >= 4 is 44.8 Å². The summed E-state index contributed by atoms with van der Waals surface area (Å²) in [4.78, 5) is 13.3. The average Bonchev–Trinajstić information content (AvgIpc) is 2.83. The second kappa shape index (κ2) is 11.8. The first kappa shape index (κ1) is 28.8. The number of nitrogens with one attached hydrogen (secondary N) is 1. The number of benzene rings is 3. The Kier molecular flexibility index (Phi) is 9.16. The van der Waals surface area contributed by atoms with Crippen LogP contribution in [0.15, 0.2) is 59.5 Å². The maximum atomic E-state index is 13.7. The van der Waals surface area contributed by atoms with E-state index in [2.05, 4.69) is 19.2 Å². The molecule has 198 valence electrons. The van der Waals surface area contributed by atoms with E-state index in [1.54, 1.807) is 25.3 Å². The first-order valence-electron chi connectivity index (χ1n) is 11.9. The Balaban J connectivity index is 1.96. The van der Waals surface area contributed by atoms with Crippen LogP contribution in [0.25, 0.3) is 0 Å². The summed E-state index contributed by atoms with van der Waals surface area (Å²) in [7, 11) is -2.49. The molecular formula is C28H32Cl2N2O4S. The van der Waals surface area contributed by atoms with Crippen molar-refractivity contribution in [2.75, 3.05) is 18.0 Å². The van der Waals surface area contributed by atoms with Crippen molar-refractivity contribution in [3.05, 3.63) is 86.9 Å². The van der Waals surface area contributed by atoms with Gasteiger partial charge in [-0.1, -0.05) is 54.7 Å². The molecule has 0 heterocycles. The van der Waals surface area contributed by atoms with E-state index in [0.29, 0.717) is 5.02 Å². The molecular weight excluding hydrogens is 531 g/mol. The largest absolute Gasteiger partial charge is 0.496 e. The van der Waals surface area contributed by atoms with Crippen molar-refractivity contribution in [3.63, 3.8) is 0 Å². The van der Waals surface area contributed by atoms with E-state index >= 15 is 0 Å². The van der Waals surface area contributed by atoms with Crippen molar-refractivity contribution in [2.45, 2.75) is 51.5 Å². The molecule has 3 aromatic rings. The van der Waals surface area contributed by atoms with Gasteiger partial charge in [0.1, 0.15) is 12.3 Å². The molecule has 0 aliphatic rings. The molecule has 1 N–H and O–H groups in total. The van der Waals surface area contributed by atoms with Gasteiger partial charge >= 0.3 is 0 Å². The van der Waals surface area contributed by atoms with E-state index in [0.717, 1.165) is 32.3 Å². The van der Waals surface area contributed by atoms with Crippen LogP contribution in [0, 0.1) is 13.8 Å². The molecule has 0 bridgehead atoms. The minimum absolute atomic E-state index is 0.0440. The molecule has 37 heavy (non-hydrogen) atoms. The first-order valence-corrected chi connectivity index (χ1v) is 14.1. The SMILES string of the molecule is COc1cc(C)c(C(C)NC(=O)CN(c2cc(Cl)ccc2Cl)S(=O)(=O)c2ccc(C)cc2)cc1C(C)C. The highest BCUT2D eigenvalue weighted by Crippen LogP contribution is 2.34. The second-order valence-corrected chi connectivity index (χ2v) is 12.0. The van der Waals surface area contributed by atoms with Crippen LogP contribution >= 0.6 is 23.2 Å². The third kappa shape index (κ3) is 6.58. The molecule has 0 aromatic heterocycles. The predicted molar refractivity (Wildman–Crippen MR) is 151 cm³/mol. The lowest BCUT2D eigenvalue weighted by Crippen LogP contribution is -2.41. The minimum atomic E-state index is -4.13. The Morgan fingerprint density at radius 3 is 2.22 bits per heavy atom. The predicted octanol–water partition coefficient (Wildman–Crippen LogP) is 6.81. The van der Waals surface area contributed by atoms with Gasteiger partial charge in [-0.15, -0.1) is 0 Å². The van der Waals surface area contributed by atoms with Crippen LogP contribution in [0.3, 0.4) is 0 Å². The van der Waals surface area contributed by atoms with E-state index < -0.39 is 22.5 Å². The number of amides is 1. The van der Waals surface area contributed by atoms with E-state index in [4.69, 9.17) is 27.9 Å². The Labute approximate surface area is 229 Å². The number of sulfonamides is 1. The molecule has 0 fully saturated rings. The summed E-state index contributed by atoms with van der Waals surface area (Å²) < 4.78 is 33.9. The minimum Gasteiger partial charge on any atom is -0.496 e. The molecule has 6 nitrogen and oxygen atoms in total. The smallest absolute Gasteiger partial charge is 0.264 e. The normalized spacial score (nSPS) is 12.4. The number of aryl methyl sites for hydroxylation is 2. The summed E-state index contributed by atoms with van der Waals surface area (Å²) >= 11 is 12.6. The quantitative estimate of drug-likeness (QED) is 0.310. The molecule has 1 amide bonds. The zero-order valence-electron chi connectivity index (χ0n) is 21.8. The van der Waals surface area contributed by atoms with Gasteiger partial charge in [-0.3, -0.25) is 9.10 Å². The third-order valence-electron chi connectivity index (χ3n) is 6.16. The van der Waals surface area contributed by atoms with Crippen molar-refractivity contribution in [2.24, 2.45) is 0 Å². The fraction of sp³-hybridized carbons (Fsp3) is 0.321. The lowest BCUT2D eigenvalue weighted by molar-refractivity contribution is -0.120. The molecule has 9 heteroatoms. The lowest BCUT2D eigenvalue weighted by Gasteiger charge is -2.26. The Bertz CT molecular complexity index is 1390. The molecule has 3 rings (SSSR count). The fourth-order valence-electron chi connectivity index (χ4n) is 4.12. The summed E-state index contributed by atoms with van der Waals surface area (Å²) in [5, 5.41) is 3.40. The number of ether oxygens (including phenoxy) is 1. The fourth-order valence-corrected chi connectivity index (χ4v) is 5.99. The Morgan fingerprint density at radius 2 is 1.62 bits per heavy atom. The van der Waals surface area contributed by atoms with Gasteiger partial charge in [-0.05, 0) is 85.8 Å². The van der Waals surface area contributed by atoms with E-state index in [1.807, 2.05) is 32.9 Å². The van der Waals surface area contributed by atoms with Crippen LogP contribution in [-0.2, 0) is 14.8 Å². The van der Waals surface area contributed by atoms with Gasteiger partial charge in [0.15, 0.2) is 0 Å². The molecule has 0 saturated carbocycles. The van der Waals surface area contributed by atoms with E-state index in [1.165, 1.54) is 24.3 Å². The van der Waals surface area contributed by atoms with Crippen molar-refractivity contribution in [1.29, 1.82) is 0 Å². The highest BCUT2D eigenvalue weighted by molar-refractivity contribution is 7.92. The lowest BCUT2D eigenvalue weighted by atomic mass is 9.93. The number of halogens is 2. The number of anilines is 1. The number of rotatable bonds is 9. The van der Waals surface area contributed by atoms with Gasteiger partial charge in [0.2, 0.25) is 5.91 Å². The summed E-state index contributed by atoms with van der Waals surface area (Å²) in [5.74, 6) is 0.526. The number of carbonyl (C=O) groups is 1. The third-order valence-corrected chi connectivity index (χ3v) is 8.49. The maximum Gasteiger partial charge on any atom is 0.264 e. The summed E-state index contributed by atoms with van der Waals surface area (Å²) in [6.07, 6.45) is 0. The topological polar surface area (TPSA) is 75.7 Å². The van der Waals surface area contributed by atoms with Crippen molar-refractivity contribution < 1.29 is 17.9 Å². The van der Waals surface area contributed by atoms with Crippen molar-refractivity contribution in [3.8, 4) is 5.75 Å². The van der Waals surface area contributed by atoms with Gasteiger partial charge in [0, 0.05) is 5.02 Å². The van der Waals surface area contributed by atoms with Gasteiger partial charge < -0.3 is 10.1 Å². The van der Waals surface area contributed by atoms with Crippen LogP contribution in [0.1, 0.15) is 55.0 Å². The molecule has 0 radical (unpaired) electrons. The summed E-state index contributed by atoms with van der Waals surface area (Å²) in [6, 6.07) is 14.5. The first-order chi connectivity index (χ1) is 17.3. The zero-order chi connectivity index (χ0) is 27.5. The van der Waals surface area contributed by atoms with Crippen LogP contribution in [-0.4, -0.2) is 28.0 Å². The van der Waals surface area contributed by atoms with E-state index in [9.17, 15) is 13.2 Å². The highest BCUT2D eigenvalue weighted by Gasteiger charge is 2.29. The number of hydrogen-bond donors (Lipinski definition) is 1. The van der Waals surface area contributed by atoms with Crippen molar-refractivity contribution in [1.82, 2.24) is 5.32 Å². The molecule has 1 atom stereocenters. The average molecular weight is 564 g/mol. The second-order valence-electron chi connectivity index (χ2n) is 9.32. The zero-order valence-corrected chi connectivity index (χ0v) is 24.1. The van der Waals surface area contributed by atoms with E-state index in [-0.39, 0.29) is 27.6 Å². The van der Waals surface area contributed by atoms with Crippen LogP contribution in [0.2, 0.25) is 10.0 Å². The molecule has 3 aromatic carbocycles. The summed E-state index contributed by atoms with van der Waals surface area (Å²) in [5.41, 5.74) is 3.94. The van der Waals surface area contributed by atoms with Gasteiger partial charge in [-0.2, -0.15) is 0 Å². The summed E-state index contributed by atoms with van der Waals surface area (Å²) in [6.45, 7) is 9.34.